The monoisotopic (exact) mass is 327 g/mol. The van der Waals surface area contributed by atoms with Crippen LogP contribution in [-0.2, 0) is 4.79 Å². The fraction of sp³-hybridized carbons (Fsp3) is 0.222. The van der Waals surface area contributed by atoms with Gasteiger partial charge in [0.25, 0.3) is 0 Å². The number of aryl methyl sites for hydroxylation is 2. The summed E-state index contributed by atoms with van der Waals surface area (Å²) in [7, 11) is 0. The van der Waals surface area contributed by atoms with Crippen LogP contribution in [0.3, 0.4) is 0 Å². The third kappa shape index (κ3) is 5.31. The van der Waals surface area contributed by atoms with Crippen molar-refractivity contribution < 1.29 is 14.3 Å². The highest BCUT2D eigenvalue weighted by molar-refractivity contribution is 5.91. The van der Waals surface area contributed by atoms with Crippen molar-refractivity contribution in [1.82, 2.24) is 5.32 Å². The maximum absolute atomic E-state index is 11.8. The number of urea groups is 1. The SMILES string of the molecule is CC(=O)Nc1ccc(NC(=O)NCOc2ccc(C)cc2C)cc1. The lowest BCUT2D eigenvalue weighted by Crippen LogP contribution is -2.32. The molecule has 0 aliphatic heterocycles. The van der Waals surface area contributed by atoms with Gasteiger partial charge in [0.2, 0.25) is 5.91 Å². The van der Waals surface area contributed by atoms with E-state index in [1.807, 2.05) is 32.0 Å². The van der Waals surface area contributed by atoms with E-state index < -0.39 is 0 Å². The van der Waals surface area contributed by atoms with Crippen LogP contribution in [0.15, 0.2) is 42.5 Å². The highest BCUT2D eigenvalue weighted by atomic mass is 16.5. The first-order valence-corrected chi connectivity index (χ1v) is 7.56. The second-order valence-corrected chi connectivity index (χ2v) is 5.45. The standard InChI is InChI=1S/C18H21N3O3/c1-12-4-9-17(13(2)10-12)24-11-19-18(23)21-16-7-5-15(6-8-16)20-14(3)22/h4-10H,11H2,1-3H3,(H,20,22)(H2,19,21,23). The van der Waals surface area contributed by atoms with Crippen molar-refractivity contribution in [3.05, 3.63) is 53.6 Å². The van der Waals surface area contributed by atoms with Crippen molar-refractivity contribution in [2.75, 3.05) is 17.4 Å². The predicted octanol–water partition coefficient (Wildman–Crippen LogP) is 3.42. The molecule has 0 aliphatic carbocycles. The molecular weight excluding hydrogens is 306 g/mol. The third-order valence-electron chi connectivity index (χ3n) is 3.25. The minimum atomic E-state index is -0.368. The lowest BCUT2D eigenvalue weighted by molar-refractivity contribution is -0.114. The van der Waals surface area contributed by atoms with E-state index in [2.05, 4.69) is 16.0 Å². The Morgan fingerprint density at radius 1 is 0.958 bits per heavy atom. The van der Waals surface area contributed by atoms with Crippen LogP contribution < -0.4 is 20.7 Å². The molecule has 0 bridgehead atoms. The molecule has 0 atom stereocenters. The molecule has 6 nitrogen and oxygen atoms in total. The maximum atomic E-state index is 11.8. The zero-order chi connectivity index (χ0) is 17.5. The van der Waals surface area contributed by atoms with E-state index in [1.165, 1.54) is 6.92 Å². The quantitative estimate of drug-likeness (QED) is 0.736. The van der Waals surface area contributed by atoms with Crippen molar-refractivity contribution in [1.29, 1.82) is 0 Å². The van der Waals surface area contributed by atoms with E-state index in [4.69, 9.17) is 4.74 Å². The summed E-state index contributed by atoms with van der Waals surface area (Å²) in [5.41, 5.74) is 3.47. The third-order valence-corrected chi connectivity index (χ3v) is 3.25. The molecule has 0 saturated carbocycles. The smallest absolute Gasteiger partial charge is 0.321 e. The molecule has 0 aliphatic rings. The van der Waals surface area contributed by atoms with E-state index in [0.717, 1.165) is 16.9 Å². The molecule has 2 rings (SSSR count). The number of carbonyl (C=O) groups is 2. The molecule has 0 spiro atoms. The van der Waals surface area contributed by atoms with Gasteiger partial charge >= 0.3 is 6.03 Å². The average molecular weight is 327 g/mol. The van der Waals surface area contributed by atoms with Crippen molar-refractivity contribution in [3.63, 3.8) is 0 Å². The molecule has 0 heterocycles. The minimum Gasteiger partial charge on any atom is -0.473 e. The van der Waals surface area contributed by atoms with Crippen LogP contribution >= 0.6 is 0 Å². The minimum absolute atomic E-state index is 0.0692. The largest absolute Gasteiger partial charge is 0.473 e. The fourth-order valence-electron chi connectivity index (χ4n) is 2.16. The van der Waals surface area contributed by atoms with Crippen LogP contribution in [0, 0.1) is 13.8 Å². The summed E-state index contributed by atoms with van der Waals surface area (Å²) in [6.45, 7) is 5.48. The number of carbonyl (C=O) groups excluding carboxylic acids is 2. The lowest BCUT2D eigenvalue weighted by atomic mass is 10.1. The molecule has 24 heavy (non-hydrogen) atoms. The normalized spacial score (nSPS) is 9.96. The van der Waals surface area contributed by atoms with Gasteiger partial charge in [-0.2, -0.15) is 0 Å². The Labute approximate surface area is 141 Å². The van der Waals surface area contributed by atoms with Gasteiger partial charge in [-0.05, 0) is 49.7 Å². The highest BCUT2D eigenvalue weighted by Crippen LogP contribution is 2.18. The number of hydrogen-bond acceptors (Lipinski definition) is 3. The second kappa shape index (κ2) is 8.01. The Hall–Kier alpha value is -3.02. The van der Waals surface area contributed by atoms with Crippen molar-refractivity contribution in [2.24, 2.45) is 0 Å². The number of nitrogens with one attached hydrogen (secondary N) is 3. The van der Waals surface area contributed by atoms with Gasteiger partial charge in [0.05, 0.1) is 0 Å². The summed E-state index contributed by atoms with van der Waals surface area (Å²) in [4.78, 5) is 22.8. The van der Waals surface area contributed by atoms with Gasteiger partial charge < -0.3 is 20.7 Å². The zero-order valence-corrected chi connectivity index (χ0v) is 14.0. The van der Waals surface area contributed by atoms with Crippen LogP contribution in [0.1, 0.15) is 18.1 Å². The van der Waals surface area contributed by atoms with Crippen LogP contribution in [0.4, 0.5) is 16.2 Å². The summed E-state index contributed by atoms with van der Waals surface area (Å²) in [5, 5.41) is 7.98. The van der Waals surface area contributed by atoms with Crippen molar-refractivity contribution >= 4 is 23.3 Å². The summed E-state index contributed by atoms with van der Waals surface area (Å²) in [5.74, 6) is 0.595. The van der Waals surface area contributed by atoms with Gasteiger partial charge in [-0.15, -0.1) is 0 Å². The van der Waals surface area contributed by atoms with Gasteiger partial charge in [-0.25, -0.2) is 4.79 Å². The molecule has 126 valence electrons. The number of anilines is 2. The van der Waals surface area contributed by atoms with Gasteiger partial charge in [0.15, 0.2) is 6.73 Å². The first kappa shape index (κ1) is 17.3. The van der Waals surface area contributed by atoms with Gasteiger partial charge in [-0.1, -0.05) is 17.7 Å². The Balaban J connectivity index is 1.79. The highest BCUT2D eigenvalue weighted by Gasteiger charge is 2.04. The Morgan fingerprint density at radius 3 is 2.17 bits per heavy atom. The Morgan fingerprint density at radius 2 is 1.58 bits per heavy atom. The first-order chi connectivity index (χ1) is 11.4. The summed E-state index contributed by atoms with van der Waals surface area (Å²) >= 11 is 0. The summed E-state index contributed by atoms with van der Waals surface area (Å²) in [6, 6.07) is 12.3. The van der Waals surface area contributed by atoms with Crippen molar-refractivity contribution in [3.8, 4) is 5.75 Å². The number of ether oxygens (including phenoxy) is 1. The van der Waals surface area contributed by atoms with E-state index >= 15 is 0 Å². The van der Waals surface area contributed by atoms with Gasteiger partial charge in [0, 0.05) is 18.3 Å². The average Bonchev–Trinajstić information content (AvgIpc) is 2.51. The summed E-state index contributed by atoms with van der Waals surface area (Å²) in [6.07, 6.45) is 0. The predicted molar refractivity (Wildman–Crippen MR) is 94.3 cm³/mol. The van der Waals surface area contributed by atoms with Crippen LogP contribution in [0.2, 0.25) is 0 Å². The number of amides is 3. The van der Waals surface area contributed by atoms with E-state index in [9.17, 15) is 9.59 Å². The second-order valence-electron chi connectivity index (χ2n) is 5.45. The zero-order valence-electron chi connectivity index (χ0n) is 14.0. The Bertz CT molecular complexity index is 727. The molecule has 0 fully saturated rings. The lowest BCUT2D eigenvalue weighted by Gasteiger charge is -2.12. The summed E-state index contributed by atoms with van der Waals surface area (Å²) < 4.78 is 5.54. The number of rotatable bonds is 5. The molecule has 6 heteroatoms. The molecule has 2 aromatic carbocycles. The first-order valence-electron chi connectivity index (χ1n) is 7.56. The molecule has 0 radical (unpaired) electrons. The number of hydrogen-bond donors (Lipinski definition) is 3. The van der Waals surface area contributed by atoms with Crippen LogP contribution in [0.25, 0.3) is 0 Å². The fourth-order valence-corrected chi connectivity index (χ4v) is 2.16. The van der Waals surface area contributed by atoms with E-state index in [1.54, 1.807) is 24.3 Å². The molecule has 2 aromatic rings. The topological polar surface area (TPSA) is 79.5 Å². The van der Waals surface area contributed by atoms with Gasteiger partial charge in [-0.3, -0.25) is 4.79 Å². The van der Waals surface area contributed by atoms with Gasteiger partial charge in [0.1, 0.15) is 5.75 Å². The molecule has 3 amide bonds. The number of benzene rings is 2. The maximum Gasteiger partial charge on any atom is 0.321 e. The molecule has 0 saturated heterocycles. The van der Waals surface area contributed by atoms with E-state index in [-0.39, 0.29) is 18.7 Å². The molecule has 3 N–H and O–H groups in total. The molecule has 0 unspecified atom stereocenters. The van der Waals surface area contributed by atoms with Crippen LogP contribution in [0.5, 0.6) is 5.75 Å². The molecular formula is C18H21N3O3. The van der Waals surface area contributed by atoms with E-state index in [0.29, 0.717) is 11.4 Å². The van der Waals surface area contributed by atoms with Crippen molar-refractivity contribution in [2.45, 2.75) is 20.8 Å². The Kier molecular flexibility index (Phi) is 5.78. The van der Waals surface area contributed by atoms with Crippen LogP contribution in [-0.4, -0.2) is 18.7 Å². The molecule has 0 aromatic heterocycles.